The molecule has 0 saturated heterocycles. The van der Waals surface area contributed by atoms with Crippen LogP contribution in [0.15, 0.2) is 30.3 Å². The minimum Gasteiger partial charge on any atom is -0.462 e. The Morgan fingerprint density at radius 2 is 1.97 bits per heavy atom. The number of esters is 1. The maximum atomic E-state index is 12.3. The van der Waals surface area contributed by atoms with E-state index in [1.54, 1.807) is 37.6 Å². The van der Waals surface area contributed by atoms with E-state index in [1.165, 1.54) is 6.07 Å². The topological polar surface area (TPSA) is 87.4 Å². The number of carbonyl (C=O) groups is 2. The molecule has 0 spiro atoms. The van der Waals surface area contributed by atoms with Gasteiger partial charge in [-0.2, -0.15) is 5.26 Å². The van der Waals surface area contributed by atoms with Gasteiger partial charge in [-0.15, -0.1) is 0 Å². The molecule has 1 heterocycles. The lowest BCUT2D eigenvalue weighted by Crippen LogP contribution is -2.25. The number of pyridine rings is 1. The molecule has 29 heavy (non-hydrogen) atoms. The summed E-state index contributed by atoms with van der Waals surface area (Å²) in [5, 5.41) is 12.0. The molecule has 0 aliphatic heterocycles. The molecule has 152 valence electrons. The maximum Gasteiger partial charge on any atom is 0.339 e. The first kappa shape index (κ1) is 22.3. The van der Waals surface area contributed by atoms with E-state index in [-0.39, 0.29) is 18.1 Å². The van der Waals surface area contributed by atoms with E-state index in [9.17, 15) is 14.9 Å². The number of rotatable bonds is 7. The Balaban J connectivity index is 2.27. The number of nitriles is 1. The second-order valence-electron chi connectivity index (χ2n) is 6.55. The first-order valence-electron chi connectivity index (χ1n) is 9.13. The third kappa shape index (κ3) is 5.28. The van der Waals surface area contributed by atoms with Crippen LogP contribution in [-0.2, 0) is 18.0 Å². The molecule has 1 aromatic carbocycles. The predicted octanol–water partition coefficient (Wildman–Crippen LogP) is 3.02. The van der Waals surface area contributed by atoms with Crippen molar-refractivity contribution in [2.24, 2.45) is 0 Å². The quantitative estimate of drug-likeness (QED) is 0.556. The minimum atomic E-state index is -0.474. The Kier molecular flexibility index (Phi) is 7.65. The summed E-state index contributed by atoms with van der Waals surface area (Å²) < 4.78 is 7.24. The molecular formula is C21H24N4O3S. The molecular weight excluding hydrogens is 388 g/mol. The monoisotopic (exact) mass is 412 g/mol. The zero-order valence-electron chi connectivity index (χ0n) is 17.0. The standard InChI is InChI=1S/C21H24N4O3S/c1-5-28-21(27)18-10-17(11-22)20(29)25(14(18)2)13-24(4)12-15-6-8-16(9-7-15)19(26)23-3/h6-10H,5,12-13H2,1-4H3,(H,23,26). The zero-order valence-corrected chi connectivity index (χ0v) is 17.8. The molecule has 0 aliphatic carbocycles. The number of hydrogen-bond donors (Lipinski definition) is 1. The fourth-order valence-corrected chi connectivity index (χ4v) is 3.23. The van der Waals surface area contributed by atoms with Crippen molar-refractivity contribution in [3.8, 4) is 6.07 Å². The van der Waals surface area contributed by atoms with E-state index >= 15 is 0 Å². The molecule has 8 heteroatoms. The van der Waals surface area contributed by atoms with Gasteiger partial charge in [-0.05, 0) is 44.7 Å². The lowest BCUT2D eigenvalue weighted by Gasteiger charge is -2.22. The van der Waals surface area contributed by atoms with Crippen LogP contribution >= 0.6 is 12.2 Å². The first-order chi connectivity index (χ1) is 13.8. The van der Waals surface area contributed by atoms with Gasteiger partial charge in [0.1, 0.15) is 10.7 Å². The highest BCUT2D eigenvalue weighted by Gasteiger charge is 2.17. The molecule has 1 N–H and O–H groups in total. The van der Waals surface area contributed by atoms with Gasteiger partial charge in [-0.1, -0.05) is 24.4 Å². The second kappa shape index (κ2) is 9.96. The molecule has 0 unspecified atom stereocenters. The molecule has 0 atom stereocenters. The van der Waals surface area contributed by atoms with Gasteiger partial charge in [0.05, 0.1) is 24.4 Å². The van der Waals surface area contributed by atoms with E-state index in [4.69, 9.17) is 17.0 Å². The van der Waals surface area contributed by atoms with Gasteiger partial charge < -0.3 is 14.6 Å². The summed E-state index contributed by atoms with van der Waals surface area (Å²) in [6, 6.07) is 10.9. The fourth-order valence-electron chi connectivity index (χ4n) is 2.93. The normalized spacial score (nSPS) is 10.5. The Hall–Kier alpha value is -3.02. The summed E-state index contributed by atoms with van der Waals surface area (Å²) in [4.78, 5) is 25.9. The van der Waals surface area contributed by atoms with Crippen molar-refractivity contribution in [2.45, 2.75) is 27.1 Å². The molecule has 2 rings (SSSR count). The fraction of sp³-hybridized carbons (Fsp3) is 0.333. The minimum absolute atomic E-state index is 0.133. The van der Waals surface area contributed by atoms with E-state index in [2.05, 4.69) is 11.4 Å². The molecule has 0 radical (unpaired) electrons. The van der Waals surface area contributed by atoms with E-state index in [0.29, 0.717) is 34.7 Å². The second-order valence-corrected chi connectivity index (χ2v) is 6.94. The smallest absolute Gasteiger partial charge is 0.339 e. The Morgan fingerprint density at radius 3 is 2.52 bits per heavy atom. The molecule has 2 aromatic rings. The van der Waals surface area contributed by atoms with Crippen LogP contribution in [0.3, 0.4) is 0 Å². The summed E-state index contributed by atoms with van der Waals surface area (Å²) >= 11 is 5.45. The van der Waals surface area contributed by atoms with Gasteiger partial charge in [0, 0.05) is 24.8 Å². The molecule has 1 amide bonds. The van der Waals surface area contributed by atoms with Crippen LogP contribution < -0.4 is 5.32 Å². The summed E-state index contributed by atoms with van der Waals surface area (Å²) in [6.07, 6.45) is 0. The van der Waals surface area contributed by atoms with Gasteiger partial charge in [0.2, 0.25) is 0 Å². The molecule has 0 bridgehead atoms. The van der Waals surface area contributed by atoms with Crippen LogP contribution in [0.2, 0.25) is 0 Å². The molecule has 0 saturated carbocycles. The number of carbonyl (C=O) groups excluding carboxylic acids is 2. The van der Waals surface area contributed by atoms with Crippen molar-refractivity contribution in [3.05, 3.63) is 62.9 Å². The lowest BCUT2D eigenvalue weighted by molar-refractivity contribution is 0.0523. The van der Waals surface area contributed by atoms with Crippen molar-refractivity contribution in [2.75, 3.05) is 20.7 Å². The van der Waals surface area contributed by atoms with Crippen LogP contribution in [0, 0.1) is 22.9 Å². The number of hydrogen-bond acceptors (Lipinski definition) is 6. The summed E-state index contributed by atoms with van der Waals surface area (Å²) in [6.45, 7) is 4.76. The number of amides is 1. The van der Waals surface area contributed by atoms with Crippen molar-refractivity contribution in [1.82, 2.24) is 14.8 Å². The van der Waals surface area contributed by atoms with Gasteiger partial charge >= 0.3 is 5.97 Å². The molecule has 1 aromatic heterocycles. The average molecular weight is 413 g/mol. The number of ether oxygens (including phenoxy) is 1. The number of aromatic nitrogens is 1. The van der Waals surface area contributed by atoms with E-state index in [0.717, 1.165) is 5.56 Å². The van der Waals surface area contributed by atoms with Gasteiger partial charge in [0.25, 0.3) is 5.91 Å². The van der Waals surface area contributed by atoms with E-state index < -0.39 is 5.97 Å². The highest BCUT2D eigenvalue weighted by molar-refractivity contribution is 7.71. The maximum absolute atomic E-state index is 12.3. The van der Waals surface area contributed by atoms with Crippen LogP contribution in [0.1, 0.15) is 44.5 Å². The van der Waals surface area contributed by atoms with Crippen LogP contribution in [0.4, 0.5) is 0 Å². The number of benzene rings is 1. The highest BCUT2D eigenvalue weighted by atomic mass is 32.1. The lowest BCUT2D eigenvalue weighted by atomic mass is 10.1. The van der Waals surface area contributed by atoms with Crippen LogP contribution in [0.5, 0.6) is 0 Å². The highest BCUT2D eigenvalue weighted by Crippen LogP contribution is 2.17. The van der Waals surface area contributed by atoms with Gasteiger partial charge in [-0.25, -0.2) is 4.79 Å². The number of nitrogens with zero attached hydrogens (tertiary/aromatic N) is 3. The van der Waals surface area contributed by atoms with Crippen molar-refractivity contribution in [1.29, 1.82) is 5.26 Å². The van der Waals surface area contributed by atoms with Crippen molar-refractivity contribution >= 4 is 24.1 Å². The van der Waals surface area contributed by atoms with Crippen molar-refractivity contribution < 1.29 is 14.3 Å². The predicted molar refractivity (Wildman–Crippen MR) is 112 cm³/mol. The van der Waals surface area contributed by atoms with Crippen LogP contribution in [-0.4, -0.2) is 42.0 Å². The van der Waals surface area contributed by atoms with Gasteiger partial charge in [-0.3, -0.25) is 9.69 Å². The zero-order chi connectivity index (χ0) is 21.6. The molecule has 0 aliphatic rings. The third-order valence-electron chi connectivity index (χ3n) is 4.45. The Bertz CT molecular complexity index is 1010. The molecule has 0 fully saturated rings. The van der Waals surface area contributed by atoms with Crippen LogP contribution in [0.25, 0.3) is 0 Å². The largest absolute Gasteiger partial charge is 0.462 e. The van der Waals surface area contributed by atoms with E-state index in [1.807, 2.05) is 24.1 Å². The third-order valence-corrected chi connectivity index (χ3v) is 4.89. The SMILES string of the molecule is CCOC(=O)c1cc(C#N)c(=S)n(CN(C)Cc2ccc(C(=O)NC)cc2)c1C. The Labute approximate surface area is 175 Å². The summed E-state index contributed by atoms with van der Waals surface area (Å²) in [5.41, 5.74) is 2.86. The summed E-state index contributed by atoms with van der Waals surface area (Å²) in [5.74, 6) is -0.607. The average Bonchev–Trinajstić information content (AvgIpc) is 2.71. The first-order valence-corrected chi connectivity index (χ1v) is 9.54. The summed E-state index contributed by atoms with van der Waals surface area (Å²) in [7, 11) is 3.51. The molecule has 7 nitrogen and oxygen atoms in total. The Morgan fingerprint density at radius 1 is 1.31 bits per heavy atom. The van der Waals surface area contributed by atoms with Crippen molar-refractivity contribution in [3.63, 3.8) is 0 Å². The number of nitrogens with one attached hydrogen (secondary N) is 1. The van der Waals surface area contributed by atoms with Gasteiger partial charge in [0.15, 0.2) is 0 Å².